The molecular weight excluding hydrogens is 418 g/mol. The van der Waals surface area contributed by atoms with Crippen molar-refractivity contribution < 1.29 is 4.79 Å². The van der Waals surface area contributed by atoms with Crippen molar-refractivity contribution in [2.45, 2.75) is 25.8 Å². The Morgan fingerprint density at radius 3 is 2.64 bits per heavy atom. The first-order valence-corrected chi connectivity index (χ1v) is 10.2. The molecule has 7 heteroatoms. The maximum absolute atomic E-state index is 12.6. The van der Waals surface area contributed by atoms with E-state index in [0.29, 0.717) is 5.69 Å². The molecule has 0 spiro atoms. The van der Waals surface area contributed by atoms with Crippen molar-refractivity contribution >= 4 is 27.7 Å². The topological polar surface area (TPSA) is 73.9 Å². The average Bonchev–Trinajstić information content (AvgIpc) is 3.19. The lowest BCUT2D eigenvalue weighted by atomic mass is 10.0. The van der Waals surface area contributed by atoms with Gasteiger partial charge in [-0.1, -0.05) is 34.1 Å². The number of nitrogens with one attached hydrogen (secondary N) is 2. The van der Waals surface area contributed by atoms with E-state index < -0.39 is 0 Å². The number of nitrogens with zero attached hydrogens (tertiary/aromatic N) is 3. The summed E-state index contributed by atoms with van der Waals surface area (Å²) in [6.45, 7) is 3.77. The summed E-state index contributed by atoms with van der Waals surface area (Å²) in [5.74, 6) is 0.903. The number of anilines is 1. The Hall–Kier alpha value is -2.67. The van der Waals surface area contributed by atoms with Crippen LogP contribution in [0.5, 0.6) is 0 Å². The number of pyridine rings is 1. The highest BCUT2D eigenvalue weighted by Crippen LogP contribution is 2.21. The quantitative estimate of drug-likeness (QED) is 0.645. The molecule has 1 aliphatic rings. The lowest BCUT2D eigenvalue weighted by Crippen LogP contribution is -2.45. The van der Waals surface area contributed by atoms with Crippen molar-refractivity contribution in [3.63, 3.8) is 0 Å². The van der Waals surface area contributed by atoms with Crippen molar-refractivity contribution in [2.75, 3.05) is 18.0 Å². The summed E-state index contributed by atoms with van der Waals surface area (Å²) in [4.78, 5) is 19.5. The van der Waals surface area contributed by atoms with Gasteiger partial charge in [0.05, 0.1) is 5.69 Å². The van der Waals surface area contributed by atoms with E-state index in [1.807, 2.05) is 49.4 Å². The van der Waals surface area contributed by atoms with Crippen LogP contribution < -0.4 is 10.2 Å². The molecule has 3 heterocycles. The Morgan fingerprint density at radius 1 is 1.18 bits per heavy atom. The minimum Gasteiger partial charge on any atom is -0.356 e. The summed E-state index contributed by atoms with van der Waals surface area (Å²) in [6.07, 6.45) is 1.80. The van der Waals surface area contributed by atoms with Crippen LogP contribution in [0.1, 0.15) is 29.0 Å². The molecular formula is C21H22BrN5O. The van der Waals surface area contributed by atoms with E-state index in [9.17, 15) is 4.79 Å². The van der Waals surface area contributed by atoms with Crippen LogP contribution in [0.3, 0.4) is 0 Å². The molecule has 1 aliphatic heterocycles. The minimum absolute atomic E-state index is 0.108. The van der Waals surface area contributed by atoms with Gasteiger partial charge in [0.15, 0.2) is 0 Å². The molecule has 0 radical (unpaired) electrons. The van der Waals surface area contributed by atoms with Crippen molar-refractivity contribution in [2.24, 2.45) is 0 Å². The summed E-state index contributed by atoms with van der Waals surface area (Å²) in [6, 6.07) is 15.9. The summed E-state index contributed by atoms with van der Waals surface area (Å²) >= 11 is 3.42. The highest BCUT2D eigenvalue weighted by Gasteiger charge is 2.22. The predicted molar refractivity (Wildman–Crippen MR) is 113 cm³/mol. The molecule has 0 atom stereocenters. The van der Waals surface area contributed by atoms with E-state index in [2.05, 4.69) is 41.3 Å². The number of hydrogen-bond acceptors (Lipinski definition) is 4. The van der Waals surface area contributed by atoms with Crippen LogP contribution in [0.2, 0.25) is 0 Å². The van der Waals surface area contributed by atoms with E-state index >= 15 is 0 Å². The van der Waals surface area contributed by atoms with Gasteiger partial charge >= 0.3 is 0 Å². The zero-order chi connectivity index (χ0) is 19.5. The molecule has 0 unspecified atom stereocenters. The Morgan fingerprint density at radius 2 is 1.93 bits per heavy atom. The van der Waals surface area contributed by atoms with Crippen LogP contribution in [0.4, 0.5) is 5.82 Å². The molecule has 6 nitrogen and oxygen atoms in total. The van der Waals surface area contributed by atoms with Crippen molar-refractivity contribution in [3.05, 3.63) is 64.4 Å². The second-order valence-electron chi connectivity index (χ2n) is 7.05. The maximum atomic E-state index is 12.6. The number of piperidine rings is 1. The third kappa shape index (κ3) is 4.25. The molecule has 2 N–H and O–H groups in total. The molecule has 1 amide bonds. The van der Waals surface area contributed by atoms with Crippen LogP contribution in [-0.4, -0.2) is 40.2 Å². The van der Waals surface area contributed by atoms with Crippen LogP contribution in [0.25, 0.3) is 11.3 Å². The largest absolute Gasteiger partial charge is 0.356 e. The second kappa shape index (κ2) is 8.14. The zero-order valence-corrected chi connectivity index (χ0v) is 17.2. The van der Waals surface area contributed by atoms with E-state index in [1.165, 1.54) is 0 Å². The highest BCUT2D eigenvalue weighted by atomic mass is 79.9. The number of halogens is 1. The number of carbonyl (C=O) groups excluding carboxylic acids is 1. The number of H-pyrrole nitrogens is 1. The summed E-state index contributed by atoms with van der Waals surface area (Å²) in [5.41, 5.74) is 3.24. The maximum Gasteiger partial charge on any atom is 0.269 e. The molecule has 1 fully saturated rings. The van der Waals surface area contributed by atoms with E-state index in [4.69, 9.17) is 0 Å². The number of rotatable bonds is 4. The lowest BCUT2D eigenvalue weighted by Gasteiger charge is -2.33. The van der Waals surface area contributed by atoms with Gasteiger partial charge in [-0.25, -0.2) is 4.98 Å². The summed E-state index contributed by atoms with van der Waals surface area (Å²) in [7, 11) is 0. The van der Waals surface area contributed by atoms with E-state index in [1.54, 1.807) is 6.07 Å². The Kier molecular flexibility index (Phi) is 5.43. The number of carbonyl (C=O) groups is 1. The number of aromatic amines is 1. The third-order valence-corrected chi connectivity index (χ3v) is 5.52. The molecule has 0 aliphatic carbocycles. The SMILES string of the molecule is Cc1cccc(N2CCC(NC(=O)c3cc(-c4ccc(Br)cc4)n[nH]3)CC2)n1. The number of aryl methyl sites for hydroxylation is 1. The monoisotopic (exact) mass is 439 g/mol. The van der Waals surface area contributed by atoms with Gasteiger partial charge in [0.25, 0.3) is 5.91 Å². The average molecular weight is 440 g/mol. The minimum atomic E-state index is -0.108. The molecule has 3 aromatic rings. The number of benzene rings is 1. The molecule has 0 bridgehead atoms. The van der Waals surface area contributed by atoms with Crippen LogP contribution in [-0.2, 0) is 0 Å². The fourth-order valence-electron chi connectivity index (χ4n) is 3.43. The standard InChI is InChI=1S/C21H22BrN5O/c1-14-3-2-4-20(23-14)27-11-9-17(10-12-27)24-21(28)19-13-18(25-26-19)15-5-7-16(22)8-6-15/h2-8,13,17H,9-12H2,1H3,(H,24,28)(H,25,26). The van der Waals surface area contributed by atoms with E-state index in [0.717, 1.165) is 53.2 Å². The Balaban J connectivity index is 1.34. The first kappa shape index (κ1) is 18.7. The van der Waals surface area contributed by atoms with Gasteiger partial charge in [-0.2, -0.15) is 5.10 Å². The smallest absolute Gasteiger partial charge is 0.269 e. The van der Waals surface area contributed by atoms with Gasteiger partial charge in [-0.3, -0.25) is 9.89 Å². The number of hydrogen-bond donors (Lipinski definition) is 2. The highest BCUT2D eigenvalue weighted by molar-refractivity contribution is 9.10. The van der Waals surface area contributed by atoms with Crippen molar-refractivity contribution in [3.8, 4) is 11.3 Å². The Labute approximate surface area is 172 Å². The van der Waals surface area contributed by atoms with Gasteiger partial charge < -0.3 is 10.2 Å². The Bertz CT molecular complexity index is 961. The first-order chi connectivity index (χ1) is 13.6. The summed E-state index contributed by atoms with van der Waals surface area (Å²) < 4.78 is 1.01. The van der Waals surface area contributed by atoms with Crippen LogP contribution in [0, 0.1) is 6.92 Å². The second-order valence-corrected chi connectivity index (χ2v) is 7.96. The van der Waals surface area contributed by atoms with Gasteiger partial charge in [-0.15, -0.1) is 0 Å². The van der Waals surface area contributed by atoms with Crippen molar-refractivity contribution in [1.29, 1.82) is 0 Å². The van der Waals surface area contributed by atoms with Gasteiger partial charge in [-0.05, 0) is 50.1 Å². The fraction of sp³-hybridized carbons (Fsp3) is 0.286. The molecule has 2 aromatic heterocycles. The zero-order valence-electron chi connectivity index (χ0n) is 15.7. The van der Waals surface area contributed by atoms with Gasteiger partial charge in [0.1, 0.15) is 11.5 Å². The van der Waals surface area contributed by atoms with Gasteiger partial charge in [0.2, 0.25) is 0 Å². The fourth-order valence-corrected chi connectivity index (χ4v) is 3.69. The molecule has 144 valence electrons. The molecule has 4 rings (SSSR count). The first-order valence-electron chi connectivity index (χ1n) is 9.39. The molecule has 28 heavy (non-hydrogen) atoms. The van der Waals surface area contributed by atoms with E-state index in [-0.39, 0.29) is 11.9 Å². The third-order valence-electron chi connectivity index (χ3n) is 4.99. The lowest BCUT2D eigenvalue weighted by molar-refractivity contribution is 0.0926. The van der Waals surface area contributed by atoms with Crippen LogP contribution >= 0.6 is 15.9 Å². The predicted octanol–water partition coefficient (Wildman–Crippen LogP) is 3.94. The molecule has 1 saturated heterocycles. The summed E-state index contributed by atoms with van der Waals surface area (Å²) in [5, 5.41) is 10.3. The van der Waals surface area contributed by atoms with Gasteiger partial charge in [0, 0.05) is 34.9 Å². The molecule has 0 saturated carbocycles. The molecule has 1 aromatic carbocycles. The number of amides is 1. The number of aromatic nitrogens is 3. The van der Waals surface area contributed by atoms with Crippen LogP contribution in [0.15, 0.2) is 53.0 Å². The van der Waals surface area contributed by atoms with Crippen molar-refractivity contribution in [1.82, 2.24) is 20.5 Å². The normalized spacial score (nSPS) is 14.9.